The molecule has 7 nitrogen and oxygen atoms in total. The highest BCUT2D eigenvalue weighted by molar-refractivity contribution is 9.10. The van der Waals surface area contributed by atoms with Crippen LogP contribution in [0.15, 0.2) is 23.1 Å². The number of ether oxygens (including phenoxy) is 1. The Labute approximate surface area is 124 Å². The van der Waals surface area contributed by atoms with Gasteiger partial charge in [0.1, 0.15) is 0 Å². The van der Waals surface area contributed by atoms with Crippen molar-refractivity contribution in [3.05, 3.63) is 28.8 Å². The Balaban J connectivity index is 2.24. The van der Waals surface area contributed by atoms with Gasteiger partial charge < -0.3 is 4.74 Å². The van der Waals surface area contributed by atoms with Crippen molar-refractivity contribution in [2.75, 3.05) is 19.1 Å². The van der Waals surface area contributed by atoms with Gasteiger partial charge in [0.25, 0.3) is 5.91 Å². The minimum absolute atomic E-state index is 0.283. The zero-order chi connectivity index (χ0) is 14.7. The number of halogens is 1. The third-order valence-corrected chi connectivity index (χ3v) is 3.28. The quantitative estimate of drug-likeness (QED) is 0.848. The molecule has 2 heterocycles. The summed E-state index contributed by atoms with van der Waals surface area (Å²) in [5.41, 5.74) is 0.328. The molecule has 106 valence electrons. The molecule has 0 spiro atoms. The molecule has 0 saturated heterocycles. The molecule has 0 saturated carbocycles. The van der Waals surface area contributed by atoms with Gasteiger partial charge in [0, 0.05) is 19.8 Å². The molecule has 0 aliphatic rings. The molecule has 0 aromatic carbocycles. The summed E-state index contributed by atoms with van der Waals surface area (Å²) in [7, 11) is 3.13. The van der Waals surface area contributed by atoms with Crippen LogP contribution in [-0.2, 0) is 6.54 Å². The van der Waals surface area contributed by atoms with Gasteiger partial charge in [-0.1, -0.05) is 0 Å². The Morgan fingerprint density at radius 1 is 1.45 bits per heavy atom. The predicted octanol–water partition coefficient (Wildman–Crippen LogP) is 1.74. The number of hydrogen-bond donors (Lipinski definition) is 0. The Morgan fingerprint density at radius 2 is 2.10 bits per heavy atom. The number of anilines is 1. The molecular weight excluding hydrogens is 326 g/mol. The molecule has 1 amide bonds. The number of rotatable bonds is 4. The van der Waals surface area contributed by atoms with Crippen LogP contribution >= 0.6 is 15.9 Å². The lowest BCUT2D eigenvalue weighted by Gasteiger charge is -2.13. The summed E-state index contributed by atoms with van der Waals surface area (Å²) in [5, 5.41) is 4.21. The van der Waals surface area contributed by atoms with Gasteiger partial charge in [-0.2, -0.15) is 5.10 Å². The van der Waals surface area contributed by atoms with E-state index in [2.05, 4.69) is 31.0 Å². The van der Waals surface area contributed by atoms with E-state index in [1.807, 2.05) is 6.92 Å². The molecule has 0 fully saturated rings. The van der Waals surface area contributed by atoms with Crippen LogP contribution in [0.2, 0.25) is 0 Å². The van der Waals surface area contributed by atoms with Crippen LogP contribution in [0.5, 0.6) is 5.75 Å². The first-order valence-corrected chi connectivity index (χ1v) is 6.73. The molecule has 0 aliphatic carbocycles. The molecule has 2 aromatic rings. The second kappa shape index (κ2) is 6.00. The SMILES string of the molecule is CCn1cc(Br)c(C(=O)N(C)c2ncc(OC)cn2)n1. The Morgan fingerprint density at radius 3 is 2.60 bits per heavy atom. The molecule has 0 unspecified atom stereocenters. The van der Waals surface area contributed by atoms with E-state index in [9.17, 15) is 4.79 Å². The molecule has 0 atom stereocenters. The Bertz CT molecular complexity index is 611. The van der Waals surface area contributed by atoms with Crippen LogP contribution in [0, 0.1) is 0 Å². The van der Waals surface area contributed by atoms with E-state index in [0.29, 0.717) is 22.5 Å². The van der Waals surface area contributed by atoms with Crippen molar-refractivity contribution in [1.82, 2.24) is 19.7 Å². The van der Waals surface area contributed by atoms with Gasteiger partial charge in [-0.05, 0) is 22.9 Å². The van der Waals surface area contributed by atoms with E-state index in [-0.39, 0.29) is 11.9 Å². The number of nitrogens with zero attached hydrogens (tertiary/aromatic N) is 5. The predicted molar refractivity (Wildman–Crippen MR) is 76.9 cm³/mol. The zero-order valence-electron chi connectivity index (χ0n) is 11.4. The fraction of sp³-hybridized carbons (Fsp3) is 0.333. The van der Waals surface area contributed by atoms with E-state index in [1.165, 1.54) is 24.4 Å². The molecule has 8 heteroatoms. The summed E-state index contributed by atoms with van der Waals surface area (Å²) >= 11 is 3.33. The maximum atomic E-state index is 12.4. The summed E-state index contributed by atoms with van der Waals surface area (Å²) in [6.45, 7) is 2.64. The molecule has 2 aromatic heterocycles. The Hall–Kier alpha value is -1.96. The van der Waals surface area contributed by atoms with Crippen LogP contribution in [-0.4, -0.2) is 39.8 Å². The summed E-state index contributed by atoms with van der Waals surface area (Å²) in [4.78, 5) is 21.8. The number of methoxy groups -OCH3 is 1. The number of amides is 1. The number of carbonyl (C=O) groups excluding carboxylic acids is 1. The molecule has 20 heavy (non-hydrogen) atoms. The van der Waals surface area contributed by atoms with E-state index < -0.39 is 0 Å². The third kappa shape index (κ3) is 2.79. The lowest BCUT2D eigenvalue weighted by atomic mass is 10.4. The van der Waals surface area contributed by atoms with Gasteiger partial charge in [0.15, 0.2) is 11.4 Å². The van der Waals surface area contributed by atoms with Crippen molar-refractivity contribution >= 4 is 27.8 Å². The fourth-order valence-electron chi connectivity index (χ4n) is 1.54. The van der Waals surface area contributed by atoms with Crippen LogP contribution in [0.4, 0.5) is 5.95 Å². The molecule has 0 radical (unpaired) electrons. The van der Waals surface area contributed by atoms with Crippen LogP contribution < -0.4 is 9.64 Å². The summed E-state index contributed by atoms with van der Waals surface area (Å²) in [6.07, 6.45) is 4.77. The van der Waals surface area contributed by atoms with Gasteiger partial charge in [-0.25, -0.2) is 9.97 Å². The maximum Gasteiger partial charge on any atom is 0.282 e. The van der Waals surface area contributed by atoms with Crippen molar-refractivity contribution in [1.29, 1.82) is 0 Å². The first kappa shape index (κ1) is 14.4. The monoisotopic (exact) mass is 339 g/mol. The van der Waals surface area contributed by atoms with E-state index >= 15 is 0 Å². The Kier molecular flexibility index (Phi) is 4.33. The standard InChI is InChI=1S/C12H14BrN5O2/c1-4-18-7-9(13)10(16-18)11(19)17(2)12-14-5-8(20-3)6-15-12/h5-7H,4H2,1-3H3. The lowest BCUT2D eigenvalue weighted by molar-refractivity contribution is 0.0985. The van der Waals surface area contributed by atoms with Crippen LogP contribution in [0.25, 0.3) is 0 Å². The largest absolute Gasteiger partial charge is 0.494 e. The van der Waals surface area contributed by atoms with Gasteiger partial charge >= 0.3 is 0 Å². The van der Waals surface area contributed by atoms with Gasteiger partial charge in [0.05, 0.1) is 24.0 Å². The van der Waals surface area contributed by atoms with Gasteiger partial charge in [-0.3, -0.25) is 14.4 Å². The minimum Gasteiger partial charge on any atom is -0.494 e. The molecule has 0 bridgehead atoms. The summed E-state index contributed by atoms with van der Waals surface area (Å²) < 4.78 is 7.30. The topological polar surface area (TPSA) is 73.1 Å². The first-order valence-electron chi connectivity index (χ1n) is 5.93. The zero-order valence-corrected chi connectivity index (χ0v) is 13.0. The lowest BCUT2D eigenvalue weighted by Crippen LogP contribution is -2.28. The van der Waals surface area contributed by atoms with Gasteiger partial charge in [0.2, 0.25) is 5.95 Å². The minimum atomic E-state index is -0.283. The van der Waals surface area contributed by atoms with Gasteiger partial charge in [-0.15, -0.1) is 0 Å². The highest BCUT2D eigenvalue weighted by atomic mass is 79.9. The molecule has 2 rings (SSSR count). The number of hydrogen-bond acceptors (Lipinski definition) is 5. The third-order valence-electron chi connectivity index (χ3n) is 2.70. The van der Waals surface area contributed by atoms with E-state index in [4.69, 9.17) is 4.74 Å². The second-order valence-electron chi connectivity index (χ2n) is 3.97. The molecular formula is C12H14BrN5O2. The van der Waals surface area contributed by atoms with E-state index in [0.717, 1.165) is 0 Å². The number of carbonyl (C=O) groups is 1. The van der Waals surface area contributed by atoms with Crippen molar-refractivity contribution in [2.24, 2.45) is 0 Å². The maximum absolute atomic E-state index is 12.4. The number of aromatic nitrogens is 4. The van der Waals surface area contributed by atoms with E-state index in [1.54, 1.807) is 17.9 Å². The smallest absolute Gasteiger partial charge is 0.282 e. The molecule has 0 N–H and O–H groups in total. The van der Waals surface area contributed by atoms with Crippen molar-refractivity contribution in [2.45, 2.75) is 13.5 Å². The van der Waals surface area contributed by atoms with Crippen molar-refractivity contribution in [3.63, 3.8) is 0 Å². The van der Waals surface area contributed by atoms with Crippen LogP contribution in [0.1, 0.15) is 17.4 Å². The first-order chi connectivity index (χ1) is 9.56. The van der Waals surface area contributed by atoms with Crippen LogP contribution in [0.3, 0.4) is 0 Å². The normalized spacial score (nSPS) is 10.4. The number of aryl methyl sites for hydroxylation is 1. The fourth-order valence-corrected chi connectivity index (χ4v) is 2.03. The van der Waals surface area contributed by atoms with Crippen molar-refractivity contribution in [3.8, 4) is 5.75 Å². The second-order valence-corrected chi connectivity index (χ2v) is 4.82. The average Bonchev–Trinajstić information content (AvgIpc) is 2.87. The highest BCUT2D eigenvalue weighted by Crippen LogP contribution is 2.19. The average molecular weight is 340 g/mol. The van der Waals surface area contributed by atoms with Crippen molar-refractivity contribution < 1.29 is 9.53 Å². The summed E-state index contributed by atoms with van der Waals surface area (Å²) in [5.74, 6) is 0.536. The summed E-state index contributed by atoms with van der Waals surface area (Å²) in [6, 6.07) is 0. The highest BCUT2D eigenvalue weighted by Gasteiger charge is 2.21. The molecule has 0 aliphatic heterocycles.